The van der Waals surface area contributed by atoms with Crippen LogP contribution in [0.3, 0.4) is 0 Å². The van der Waals surface area contributed by atoms with Crippen LogP contribution in [0.25, 0.3) is 22.2 Å². The number of pyridine rings is 1. The molecule has 10 heteroatoms. The third kappa shape index (κ3) is 3.43. The van der Waals surface area contributed by atoms with Crippen molar-refractivity contribution in [1.82, 2.24) is 40.1 Å². The zero-order valence-electron chi connectivity index (χ0n) is 16.6. The summed E-state index contributed by atoms with van der Waals surface area (Å²) in [6.07, 6.45) is 4.19. The minimum Gasteiger partial charge on any atom is -0.349 e. The molecule has 0 aliphatic carbocycles. The van der Waals surface area contributed by atoms with Gasteiger partial charge < -0.3 is 9.42 Å². The third-order valence-corrected chi connectivity index (χ3v) is 4.80. The van der Waals surface area contributed by atoms with Crippen molar-refractivity contribution in [2.45, 2.75) is 26.4 Å². The van der Waals surface area contributed by atoms with Crippen molar-refractivity contribution in [1.29, 1.82) is 0 Å². The van der Waals surface area contributed by atoms with E-state index in [0.29, 0.717) is 41.9 Å². The van der Waals surface area contributed by atoms with E-state index < -0.39 is 0 Å². The molecule has 0 aliphatic heterocycles. The number of aromatic nitrogens is 8. The fourth-order valence-electron chi connectivity index (χ4n) is 3.22. The molecule has 0 fully saturated rings. The standard InChI is InChI=1S/C20H19N9O/c1-3-16-23-18(30-26-16)12-28(2)17-10-22-19-20(24-17)29(27-25-19)11-13-6-7-15-14(9-13)5-4-8-21-15/h4-10H,3,11-12H2,1-2H3. The highest BCUT2D eigenvalue weighted by molar-refractivity contribution is 5.79. The monoisotopic (exact) mass is 401 g/mol. The number of hydrogen-bond donors (Lipinski definition) is 0. The molecule has 150 valence electrons. The third-order valence-electron chi connectivity index (χ3n) is 4.80. The molecule has 10 nitrogen and oxygen atoms in total. The van der Waals surface area contributed by atoms with E-state index in [1.54, 1.807) is 17.1 Å². The lowest BCUT2D eigenvalue weighted by molar-refractivity contribution is 0.373. The van der Waals surface area contributed by atoms with E-state index in [1.807, 2.05) is 43.1 Å². The molecule has 5 aromatic rings. The minimum atomic E-state index is 0.437. The maximum atomic E-state index is 5.27. The van der Waals surface area contributed by atoms with E-state index in [-0.39, 0.29) is 0 Å². The molecule has 0 amide bonds. The minimum absolute atomic E-state index is 0.437. The first kappa shape index (κ1) is 18.1. The fraction of sp³-hybridized carbons (Fsp3) is 0.250. The average Bonchev–Trinajstić information content (AvgIpc) is 3.40. The maximum absolute atomic E-state index is 5.27. The van der Waals surface area contributed by atoms with Gasteiger partial charge in [-0.3, -0.25) is 4.98 Å². The highest BCUT2D eigenvalue weighted by atomic mass is 16.5. The van der Waals surface area contributed by atoms with Crippen LogP contribution in [0.5, 0.6) is 0 Å². The number of hydrogen-bond acceptors (Lipinski definition) is 9. The first-order valence-electron chi connectivity index (χ1n) is 9.62. The summed E-state index contributed by atoms with van der Waals surface area (Å²) in [6.45, 7) is 2.96. The molecule has 4 aromatic heterocycles. The van der Waals surface area contributed by atoms with Crippen LogP contribution in [0.4, 0.5) is 5.82 Å². The van der Waals surface area contributed by atoms with Crippen molar-refractivity contribution in [3.8, 4) is 0 Å². The Balaban J connectivity index is 1.41. The van der Waals surface area contributed by atoms with Crippen LogP contribution in [0.1, 0.15) is 24.2 Å². The summed E-state index contributed by atoms with van der Waals surface area (Å²) in [5.74, 6) is 1.89. The molecule has 0 N–H and O–H groups in total. The molecule has 0 saturated carbocycles. The quantitative estimate of drug-likeness (QED) is 0.423. The summed E-state index contributed by atoms with van der Waals surface area (Å²) < 4.78 is 7.02. The van der Waals surface area contributed by atoms with Crippen LogP contribution in [-0.4, -0.2) is 47.1 Å². The Morgan fingerprint density at radius 1 is 1.13 bits per heavy atom. The molecule has 30 heavy (non-hydrogen) atoms. The first-order chi connectivity index (χ1) is 14.7. The van der Waals surface area contributed by atoms with Crippen LogP contribution in [0.2, 0.25) is 0 Å². The van der Waals surface area contributed by atoms with Gasteiger partial charge in [0.25, 0.3) is 0 Å². The second-order valence-corrected chi connectivity index (χ2v) is 6.97. The second kappa shape index (κ2) is 7.47. The lowest BCUT2D eigenvalue weighted by atomic mass is 10.1. The molecule has 5 rings (SSSR count). The van der Waals surface area contributed by atoms with Crippen molar-refractivity contribution in [3.63, 3.8) is 0 Å². The van der Waals surface area contributed by atoms with Crippen LogP contribution >= 0.6 is 0 Å². The average molecular weight is 401 g/mol. The van der Waals surface area contributed by atoms with Gasteiger partial charge in [-0.1, -0.05) is 29.4 Å². The van der Waals surface area contributed by atoms with Crippen molar-refractivity contribution in [3.05, 3.63) is 60.0 Å². The Morgan fingerprint density at radius 3 is 2.93 bits per heavy atom. The van der Waals surface area contributed by atoms with Gasteiger partial charge >= 0.3 is 0 Å². The van der Waals surface area contributed by atoms with Crippen molar-refractivity contribution in [2.75, 3.05) is 11.9 Å². The summed E-state index contributed by atoms with van der Waals surface area (Å²) >= 11 is 0. The van der Waals surface area contributed by atoms with Gasteiger partial charge in [0.15, 0.2) is 11.5 Å². The van der Waals surface area contributed by atoms with E-state index in [9.17, 15) is 0 Å². The number of nitrogens with zero attached hydrogens (tertiary/aromatic N) is 9. The molecule has 0 saturated heterocycles. The van der Waals surface area contributed by atoms with E-state index >= 15 is 0 Å². The highest BCUT2D eigenvalue weighted by Gasteiger charge is 2.14. The van der Waals surface area contributed by atoms with E-state index in [1.165, 1.54) is 0 Å². The highest BCUT2D eigenvalue weighted by Crippen LogP contribution is 2.18. The van der Waals surface area contributed by atoms with Gasteiger partial charge in [-0.2, -0.15) is 4.98 Å². The van der Waals surface area contributed by atoms with Gasteiger partial charge in [0, 0.05) is 25.1 Å². The number of fused-ring (bicyclic) bond motifs is 2. The maximum Gasteiger partial charge on any atom is 0.246 e. The molecule has 1 aromatic carbocycles. The number of rotatable bonds is 6. The molecular weight excluding hydrogens is 382 g/mol. The zero-order chi connectivity index (χ0) is 20.5. The van der Waals surface area contributed by atoms with Gasteiger partial charge in [-0.25, -0.2) is 14.6 Å². The molecule has 0 atom stereocenters. The molecule has 0 unspecified atom stereocenters. The Labute approximate surface area is 171 Å². The number of aryl methyl sites for hydroxylation is 1. The predicted molar refractivity (Wildman–Crippen MR) is 110 cm³/mol. The summed E-state index contributed by atoms with van der Waals surface area (Å²) in [4.78, 5) is 19.7. The predicted octanol–water partition coefficient (Wildman–Crippen LogP) is 2.40. The normalized spacial score (nSPS) is 11.4. The SMILES string of the molecule is CCc1noc(CN(C)c2cnc3nnn(Cc4ccc5ncccc5c4)c3n2)n1. The summed E-state index contributed by atoms with van der Waals surface area (Å²) in [6, 6.07) is 10.1. The van der Waals surface area contributed by atoms with Crippen LogP contribution in [0, 0.1) is 0 Å². The molecule has 0 radical (unpaired) electrons. The lowest BCUT2D eigenvalue weighted by Gasteiger charge is -2.15. The zero-order valence-corrected chi connectivity index (χ0v) is 16.6. The van der Waals surface area contributed by atoms with E-state index in [2.05, 4.69) is 36.5 Å². The van der Waals surface area contributed by atoms with Crippen molar-refractivity contribution in [2.24, 2.45) is 0 Å². The topological polar surface area (TPSA) is 112 Å². The van der Waals surface area contributed by atoms with Gasteiger partial charge in [0.2, 0.25) is 11.5 Å². The molecular formula is C20H19N9O. The second-order valence-electron chi connectivity index (χ2n) is 6.97. The largest absolute Gasteiger partial charge is 0.349 e. The molecule has 0 aliphatic rings. The van der Waals surface area contributed by atoms with Crippen LogP contribution in [0.15, 0.2) is 47.2 Å². The number of benzene rings is 1. The number of anilines is 1. The van der Waals surface area contributed by atoms with Gasteiger partial charge in [0.05, 0.1) is 24.8 Å². The Morgan fingerprint density at radius 2 is 2.07 bits per heavy atom. The van der Waals surface area contributed by atoms with Gasteiger partial charge in [-0.15, -0.1) is 5.10 Å². The Kier molecular flexibility index (Phi) is 4.51. The molecule has 0 bridgehead atoms. The Bertz CT molecular complexity index is 1330. The van der Waals surface area contributed by atoms with Crippen LogP contribution in [-0.2, 0) is 19.5 Å². The van der Waals surface area contributed by atoms with E-state index in [4.69, 9.17) is 9.51 Å². The van der Waals surface area contributed by atoms with Crippen molar-refractivity contribution < 1.29 is 4.52 Å². The van der Waals surface area contributed by atoms with Crippen LogP contribution < -0.4 is 4.90 Å². The first-order valence-corrected chi connectivity index (χ1v) is 9.62. The molecule has 4 heterocycles. The van der Waals surface area contributed by atoms with E-state index in [0.717, 1.165) is 22.9 Å². The van der Waals surface area contributed by atoms with Gasteiger partial charge in [0.1, 0.15) is 5.82 Å². The fourth-order valence-corrected chi connectivity index (χ4v) is 3.22. The Hall–Kier alpha value is -3.95. The van der Waals surface area contributed by atoms with Crippen molar-refractivity contribution >= 4 is 28.0 Å². The summed E-state index contributed by atoms with van der Waals surface area (Å²) in [7, 11) is 1.90. The smallest absolute Gasteiger partial charge is 0.246 e. The lowest BCUT2D eigenvalue weighted by Crippen LogP contribution is -2.18. The summed E-state index contributed by atoms with van der Waals surface area (Å²) in [5, 5.41) is 13.4. The summed E-state index contributed by atoms with van der Waals surface area (Å²) in [5.41, 5.74) is 3.16. The van der Waals surface area contributed by atoms with Gasteiger partial charge in [-0.05, 0) is 23.8 Å². The molecule has 0 spiro atoms.